The lowest BCUT2D eigenvalue weighted by Gasteiger charge is -2.17. The molecule has 0 spiro atoms. The fourth-order valence-electron chi connectivity index (χ4n) is 0.964. The first-order chi connectivity index (χ1) is 6.55. The lowest BCUT2D eigenvalue weighted by Crippen LogP contribution is -2.15. The molecule has 0 aliphatic rings. The summed E-state index contributed by atoms with van der Waals surface area (Å²) >= 11 is 5.43. The molecule has 0 aliphatic carbocycles. The first kappa shape index (κ1) is 14.4. The maximum absolute atomic E-state index is 11.7. The van der Waals surface area contributed by atoms with Crippen molar-refractivity contribution in [2.24, 2.45) is 0 Å². The quantitative estimate of drug-likeness (QED) is 0.373. The number of alkyl halides is 1. The summed E-state index contributed by atoms with van der Waals surface area (Å²) < 4.78 is 26.8. The van der Waals surface area contributed by atoms with Crippen molar-refractivity contribution in [2.45, 2.75) is 12.7 Å². The lowest BCUT2D eigenvalue weighted by atomic mass is 10.5. The number of methoxy groups -OCH3 is 2. The van der Waals surface area contributed by atoms with E-state index in [1.807, 2.05) is 0 Å². The molecule has 0 saturated heterocycles. The van der Waals surface area contributed by atoms with Gasteiger partial charge in [-0.2, -0.15) is 0 Å². The van der Waals surface area contributed by atoms with E-state index in [0.717, 1.165) is 0 Å². The van der Waals surface area contributed by atoms with Crippen LogP contribution in [0.1, 0.15) is 6.42 Å². The van der Waals surface area contributed by atoms with Crippen LogP contribution in [0.5, 0.6) is 0 Å². The normalized spacial score (nSPS) is 15.8. The topological polar surface area (TPSA) is 44.8 Å². The average Bonchev–Trinajstić information content (AvgIpc) is 2.16. The average molecular weight is 245 g/mol. The van der Waals surface area contributed by atoms with Gasteiger partial charge in [-0.3, -0.25) is 4.57 Å². The van der Waals surface area contributed by atoms with Crippen molar-refractivity contribution in [3.05, 3.63) is 0 Å². The molecule has 0 amide bonds. The zero-order chi connectivity index (χ0) is 11.0. The molecular weight excluding hydrogens is 227 g/mol. The molecule has 0 aromatic rings. The number of rotatable bonds is 8. The van der Waals surface area contributed by atoms with Gasteiger partial charge in [-0.1, -0.05) is 0 Å². The molecule has 0 aliphatic heterocycles. The van der Waals surface area contributed by atoms with Gasteiger partial charge in [0.1, 0.15) is 0 Å². The van der Waals surface area contributed by atoms with E-state index in [1.165, 1.54) is 0 Å². The zero-order valence-corrected chi connectivity index (χ0v) is 10.5. The van der Waals surface area contributed by atoms with Crippen LogP contribution in [0.3, 0.4) is 0 Å². The molecule has 0 N–H and O–H groups in total. The number of hydrogen-bond acceptors (Lipinski definition) is 4. The molecular formula is C8H18ClO4P. The molecule has 1 unspecified atom stereocenters. The SMILES string of the molecule is COC(CCP(C)(=O)OCCCl)OC. The highest BCUT2D eigenvalue weighted by molar-refractivity contribution is 7.58. The predicted molar refractivity (Wildman–Crippen MR) is 57.5 cm³/mol. The third-order valence-electron chi connectivity index (χ3n) is 1.74. The molecule has 0 heterocycles. The lowest BCUT2D eigenvalue weighted by molar-refractivity contribution is -0.103. The Labute approximate surface area is 90.3 Å². The van der Waals surface area contributed by atoms with Gasteiger partial charge in [0.2, 0.25) is 0 Å². The van der Waals surface area contributed by atoms with E-state index in [1.54, 1.807) is 20.9 Å². The Kier molecular flexibility index (Phi) is 7.88. The van der Waals surface area contributed by atoms with Gasteiger partial charge in [0.05, 0.1) is 6.61 Å². The summed E-state index contributed by atoms with van der Waals surface area (Å²) in [6, 6.07) is 0. The van der Waals surface area contributed by atoms with Gasteiger partial charge >= 0.3 is 0 Å². The van der Waals surface area contributed by atoms with Crippen molar-refractivity contribution >= 4 is 19.0 Å². The van der Waals surface area contributed by atoms with Crippen molar-refractivity contribution in [2.75, 3.05) is 39.5 Å². The van der Waals surface area contributed by atoms with E-state index in [0.29, 0.717) is 25.1 Å². The summed E-state index contributed by atoms with van der Waals surface area (Å²) in [4.78, 5) is 0. The number of ether oxygens (including phenoxy) is 2. The number of halogens is 1. The smallest absolute Gasteiger partial charge is 0.200 e. The van der Waals surface area contributed by atoms with Gasteiger partial charge in [0, 0.05) is 39.3 Å². The van der Waals surface area contributed by atoms with Crippen LogP contribution >= 0.6 is 19.0 Å². The highest BCUT2D eigenvalue weighted by atomic mass is 35.5. The second kappa shape index (κ2) is 7.66. The molecule has 0 rings (SSSR count). The highest BCUT2D eigenvalue weighted by Crippen LogP contribution is 2.43. The van der Waals surface area contributed by atoms with Crippen molar-refractivity contribution in [3.63, 3.8) is 0 Å². The Morgan fingerprint density at radius 2 is 1.93 bits per heavy atom. The molecule has 4 nitrogen and oxygen atoms in total. The Morgan fingerprint density at radius 3 is 2.36 bits per heavy atom. The van der Waals surface area contributed by atoms with Gasteiger partial charge in [0.25, 0.3) is 0 Å². The zero-order valence-electron chi connectivity index (χ0n) is 8.86. The van der Waals surface area contributed by atoms with Gasteiger partial charge < -0.3 is 14.0 Å². The van der Waals surface area contributed by atoms with Crippen LogP contribution in [0.15, 0.2) is 0 Å². The van der Waals surface area contributed by atoms with Crippen LogP contribution < -0.4 is 0 Å². The Balaban J connectivity index is 3.79. The maximum atomic E-state index is 11.7. The largest absolute Gasteiger partial charge is 0.356 e. The van der Waals surface area contributed by atoms with E-state index < -0.39 is 7.37 Å². The summed E-state index contributed by atoms with van der Waals surface area (Å²) in [6.45, 7) is 1.92. The molecule has 0 bridgehead atoms. The van der Waals surface area contributed by atoms with Crippen LogP contribution in [-0.4, -0.2) is 45.8 Å². The third-order valence-corrected chi connectivity index (χ3v) is 3.69. The highest BCUT2D eigenvalue weighted by Gasteiger charge is 2.18. The fraction of sp³-hybridized carbons (Fsp3) is 1.00. The van der Waals surface area contributed by atoms with Crippen molar-refractivity contribution < 1.29 is 18.6 Å². The van der Waals surface area contributed by atoms with Crippen LogP contribution in [0.4, 0.5) is 0 Å². The van der Waals surface area contributed by atoms with Gasteiger partial charge in [0.15, 0.2) is 13.7 Å². The van der Waals surface area contributed by atoms with Gasteiger partial charge in [-0.15, -0.1) is 11.6 Å². The molecule has 0 radical (unpaired) electrons. The molecule has 6 heteroatoms. The van der Waals surface area contributed by atoms with E-state index in [2.05, 4.69) is 0 Å². The predicted octanol–water partition coefficient (Wildman–Crippen LogP) is 2.16. The van der Waals surface area contributed by atoms with Crippen LogP contribution in [0.25, 0.3) is 0 Å². The summed E-state index contributed by atoms with van der Waals surface area (Å²) in [6.07, 6.45) is 0.683. The monoisotopic (exact) mass is 244 g/mol. The van der Waals surface area contributed by atoms with E-state index in [4.69, 9.17) is 25.6 Å². The fourth-order valence-corrected chi connectivity index (χ4v) is 2.44. The second-order valence-electron chi connectivity index (χ2n) is 2.95. The Bertz CT molecular complexity index is 184. The van der Waals surface area contributed by atoms with E-state index in [-0.39, 0.29) is 6.29 Å². The maximum Gasteiger partial charge on any atom is 0.200 e. The molecule has 14 heavy (non-hydrogen) atoms. The standard InChI is InChI=1S/C8H18ClO4P/c1-11-8(12-2)4-7-14(3,10)13-6-5-9/h8H,4-7H2,1-3H3. The molecule has 0 aromatic heterocycles. The molecule has 1 atom stereocenters. The second-order valence-corrected chi connectivity index (χ2v) is 6.06. The van der Waals surface area contributed by atoms with Crippen LogP contribution in [0, 0.1) is 0 Å². The van der Waals surface area contributed by atoms with Gasteiger partial charge in [-0.25, -0.2) is 0 Å². The Morgan fingerprint density at radius 1 is 1.36 bits per heavy atom. The number of hydrogen-bond donors (Lipinski definition) is 0. The first-order valence-corrected chi connectivity index (χ1v) is 7.17. The summed E-state index contributed by atoms with van der Waals surface area (Å²) in [7, 11) is 0.566. The summed E-state index contributed by atoms with van der Waals surface area (Å²) in [5.41, 5.74) is 0. The molecule has 86 valence electrons. The van der Waals surface area contributed by atoms with Crippen molar-refractivity contribution in [3.8, 4) is 0 Å². The molecule has 0 aromatic carbocycles. The molecule has 0 saturated carbocycles. The first-order valence-electron chi connectivity index (χ1n) is 4.38. The Hall–Kier alpha value is 0.400. The minimum absolute atomic E-state index is 0.317. The minimum atomic E-state index is -2.53. The van der Waals surface area contributed by atoms with Gasteiger partial charge in [-0.05, 0) is 0 Å². The minimum Gasteiger partial charge on any atom is -0.356 e. The summed E-state index contributed by atoms with van der Waals surface area (Å²) in [5.74, 6) is 0.357. The van der Waals surface area contributed by atoms with Crippen LogP contribution in [0.2, 0.25) is 0 Å². The third kappa shape index (κ3) is 6.80. The van der Waals surface area contributed by atoms with E-state index in [9.17, 15) is 4.57 Å². The van der Waals surface area contributed by atoms with Crippen molar-refractivity contribution in [1.82, 2.24) is 0 Å². The van der Waals surface area contributed by atoms with E-state index >= 15 is 0 Å². The van der Waals surface area contributed by atoms with Crippen molar-refractivity contribution in [1.29, 1.82) is 0 Å². The summed E-state index contributed by atoms with van der Waals surface area (Å²) in [5, 5.41) is 0. The molecule has 0 fully saturated rings. The van der Waals surface area contributed by atoms with Crippen LogP contribution in [-0.2, 0) is 18.6 Å².